The van der Waals surface area contributed by atoms with Crippen LogP contribution in [0.5, 0.6) is 0 Å². The summed E-state index contributed by atoms with van der Waals surface area (Å²) in [5, 5.41) is 54.8. The second-order valence-electron chi connectivity index (χ2n) is 26.0. The van der Waals surface area contributed by atoms with Crippen molar-refractivity contribution in [2.75, 3.05) is 13.2 Å². The highest BCUT2D eigenvalue weighted by atomic mass is 16.7. The first-order chi connectivity index (χ1) is 46.8. The zero-order valence-corrected chi connectivity index (χ0v) is 60.6. The van der Waals surface area contributed by atoms with Crippen molar-refractivity contribution >= 4 is 5.91 Å². The van der Waals surface area contributed by atoms with Crippen LogP contribution in [-0.4, -0.2) is 87.5 Å². The number of rotatable bonds is 66. The first-order valence-corrected chi connectivity index (χ1v) is 38.9. The van der Waals surface area contributed by atoms with Crippen LogP contribution in [-0.2, 0) is 14.3 Å². The largest absolute Gasteiger partial charge is 0.394 e. The van der Waals surface area contributed by atoms with Gasteiger partial charge in [0.25, 0.3) is 0 Å². The number of unbranched alkanes of at least 4 members (excludes halogenated alkanes) is 30. The number of ether oxygens (including phenoxy) is 2. The van der Waals surface area contributed by atoms with Crippen molar-refractivity contribution in [3.63, 3.8) is 0 Å². The lowest BCUT2D eigenvalue weighted by Crippen LogP contribution is -2.60. The molecule has 0 spiro atoms. The van der Waals surface area contributed by atoms with Gasteiger partial charge in [0.15, 0.2) is 6.29 Å². The molecule has 1 saturated heterocycles. The quantitative estimate of drug-likeness (QED) is 0.0261. The number of allylic oxidation sites excluding steroid dienone is 27. The summed E-state index contributed by atoms with van der Waals surface area (Å²) in [7, 11) is 0. The number of amides is 1. The van der Waals surface area contributed by atoms with Gasteiger partial charge in [0.1, 0.15) is 24.4 Å². The van der Waals surface area contributed by atoms with Crippen LogP contribution in [0.1, 0.15) is 309 Å². The number of carbonyl (C=O) groups excluding carboxylic acids is 1. The van der Waals surface area contributed by atoms with E-state index in [0.29, 0.717) is 6.42 Å². The van der Waals surface area contributed by atoms with Crippen molar-refractivity contribution in [1.82, 2.24) is 5.32 Å². The monoisotopic (exact) mass is 1320 g/mol. The summed E-state index contributed by atoms with van der Waals surface area (Å²) in [4.78, 5) is 13.2. The molecule has 9 heteroatoms. The van der Waals surface area contributed by atoms with E-state index in [9.17, 15) is 30.3 Å². The van der Waals surface area contributed by atoms with Crippen LogP contribution < -0.4 is 5.32 Å². The van der Waals surface area contributed by atoms with E-state index in [1.165, 1.54) is 154 Å². The van der Waals surface area contributed by atoms with Crippen LogP contribution in [0.25, 0.3) is 0 Å². The van der Waals surface area contributed by atoms with Crippen LogP contribution in [0, 0.1) is 0 Å². The Bertz CT molecular complexity index is 2120. The van der Waals surface area contributed by atoms with E-state index in [2.05, 4.69) is 177 Å². The number of aliphatic hydroxyl groups is 5. The Hall–Kier alpha value is -4.45. The molecule has 1 rings (SSSR count). The summed E-state index contributed by atoms with van der Waals surface area (Å²) >= 11 is 0. The summed E-state index contributed by atoms with van der Waals surface area (Å²) < 4.78 is 11.3. The van der Waals surface area contributed by atoms with Crippen molar-refractivity contribution in [2.24, 2.45) is 0 Å². The molecule has 0 aromatic carbocycles. The molecule has 7 atom stereocenters. The van der Waals surface area contributed by atoms with Crippen LogP contribution in [0.4, 0.5) is 0 Å². The lowest BCUT2D eigenvalue weighted by molar-refractivity contribution is -0.302. The Morgan fingerprint density at radius 3 is 1.01 bits per heavy atom. The molecular weight excluding hydrogens is 1170 g/mol. The molecule has 1 amide bonds. The van der Waals surface area contributed by atoms with Gasteiger partial charge in [0, 0.05) is 6.42 Å². The zero-order valence-electron chi connectivity index (χ0n) is 60.6. The average molecular weight is 1320 g/mol. The topological polar surface area (TPSA) is 149 Å². The van der Waals surface area contributed by atoms with Gasteiger partial charge in [-0.05, 0) is 128 Å². The van der Waals surface area contributed by atoms with Crippen LogP contribution in [0.3, 0.4) is 0 Å². The fourth-order valence-corrected chi connectivity index (χ4v) is 11.3. The van der Waals surface area contributed by atoms with Gasteiger partial charge in [-0.15, -0.1) is 0 Å². The number of hydrogen-bond acceptors (Lipinski definition) is 8. The number of hydrogen-bond donors (Lipinski definition) is 6. The molecule has 0 aromatic heterocycles. The minimum Gasteiger partial charge on any atom is -0.394 e. The molecule has 540 valence electrons. The van der Waals surface area contributed by atoms with Gasteiger partial charge in [-0.2, -0.15) is 0 Å². The molecular formula is C86H143NO8. The molecule has 7 unspecified atom stereocenters. The molecule has 9 nitrogen and oxygen atoms in total. The highest BCUT2D eigenvalue weighted by molar-refractivity contribution is 5.76. The Morgan fingerprint density at radius 1 is 0.368 bits per heavy atom. The minimum absolute atomic E-state index is 0.206. The normalized spacial score (nSPS) is 18.5. The van der Waals surface area contributed by atoms with Crippen molar-refractivity contribution in [2.45, 2.75) is 352 Å². The second-order valence-corrected chi connectivity index (χ2v) is 26.0. The van der Waals surface area contributed by atoms with Crippen LogP contribution in [0.15, 0.2) is 170 Å². The molecule has 0 saturated carbocycles. The van der Waals surface area contributed by atoms with E-state index < -0.39 is 49.5 Å². The molecule has 95 heavy (non-hydrogen) atoms. The standard InChI is InChI=1S/C86H143NO8/c1-3-5-7-9-11-13-15-17-19-21-23-25-27-29-31-33-35-36-37-38-39-40-41-42-43-44-46-48-50-52-54-56-58-60-62-64-66-68-70-72-74-76-82(90)87-79(78-94-86-85(93)84(92)83(91)81(77-88)95-86)80(89)75-73-71-69-67-65-63-61-59-57-55-53-51-49-47-45-34-32-30-28-26-24-22-20-18-16-14-12-10-8-6-4-2/h5,7,11,13,17,19,23,25,29,31,35-36,38-39,41-42,44,46,50,52,56-59,65,67,73,75,79-81,83-86,88-89,91-93H,3-4,6,8-10,12,14-16,18,20-22,24,26-28,30,32-34,37,40,43,45,47-49,51,53-55,60-64,66,68-72,74,76-78H2,1-2H3,(H,87,90)/b7-5-,13-11-,19-17-,25-23-,31-29-,36-35-,39-38-,42-41-,46-44-,52-50-,58-56-,59-57+,67-65+,75-73+. The minimum atomic E-state index is -1.59. The smallest absolute Gasteiger partial charge is 0.220 e. The van der Waals surface area contributed by atoms with Crippen molar-refractivity contribution < 1.29 is 39.8 Å². The molecule has 0 aromatic rings. The zero-order chi connectivity index (χ0) is 68.5. The van der Waals surface area contributed by atoms with E-state index >= 15 is 0 Å². The molecule has 0 radical (unpaired) electrons. The maximum atomic E-state index is 13.2. The number of aliphatic hydroxyl groups excluding tert-OH is 5. The highest BCUT2D eigenvalue weighted by Gasteiger charge is 2.44. The summed E-state index contributed by atoms with van der Waals surface area (Å²) in [6.45, 7) is 3.66. The highest BCUT2D eigenvalue weighted by Crippen LogP contribution is 2.23. The predicted molar refractivity (Wildman–Crippen MR) is 409 cm³/mol. The van der Waals surface area contributed by atoms with Crippen molar-refractivity contribution in [1.29, 1.82) is 0 Å². The predicted octanol–water partition coefficient (Wildman–Crippen LogP) is 22.4. The molecule has 0 bridgehead atoms. The van der Waals surface area contributed by atoms with E-state index in [1.807, 2.05) is 6.08 Å². The van der Waals surface area contributed by atoms with Gasteiger partial charge in [-0.3, -0.25) is 4.79 Å². The summed E-state index contributed by atoms with van der Waals surface area (Å²) in [5.41, 5.74) is 0. The maximum absolute atomic E-state index is 13.2. The average Bonchev–Trinajstić information content (AvgIpc) is 0.836. The van der Waals surface area contributed by atoms with Crippen LogP contribution >= 0.6 is 0 Å². The third-order valence-corrected chi connectivity index (χ3v) is 17.3. The maximum Gasteiger partial charge on any atom is 0.220 e. The SMILES string of the molecule is CC/C=C\C/C=C\C/C=C\C/C=C\C/C=C\C/C=C\C/C=C\C/C=C\C/C=C\C/C=C\C/C=C\CCCCCCCCCC(=O)NC(COC1OC(CO)C(O)C(O)C1O)C(O)/C=C/CC/C=C/CC/C=C/CCCCCCCCCCCCCCCCCCCCCCC. The third-order valence-electron chi connectivity index (χ3n) is 17.3. The molecule has 1 heterocycles. The lowest BCUT2D eigenvalue weighted by Gasteiger charge is -2.40. The Balaban J connectivity index is 2.17. The first-order valence-electron chi connectivity index (χ1n) is 38.9. The summed E-state index contributed by atoms with van der Waals surface area (Å²) in [6, 6.07) is -0.849. The Morgan fingerprint density at radius 2 is 0.663 bits per heavy atom. The summed E-state index contributed by atoms with van der Waals surface area (Å²) in [6.07, 6.45) is 108. The van der Waals surface area contributed by atoms with E-state index in [0.717, 1.165) is 135 Å². The van der Waals surface area contributed by atoms with Gasteiger partial charge >= 0.3 is 0 Å². The molecule has 1 aliphatic rings. The molecule has 0 aliphatic carbocycles. The van der Waals surface area contributed by atoms with Gasteiger partial charge in [-0.25, -0.2) is 0 Å². The van der Waals surface area contributed by atoms with E-state index in [1.54, 1.807) is 6.08 Å². The van der Waals surface area contributed by atoms with Crippen LogP contribution in [0.2, 0.25) is 0 Å². The van der Waals surface area contributed by atoms with Gasteiger partial charge in [0.2, 0.25) is 5.91 Å². The van der Waals surface area contributed by atoms with E-state index in [4.69, 9.17) is 9.47 Å². The molecule has 6 N–H and O–H groups in total. The molecule has 1 fully saturated rings. The fraction of sp³-hybridized carbons (Fsp3) is 0.663. The van der Waals surface area contributed by atoms with Crippen molar-refractivity contribution in [3.05, 3.63) is 170 Å². The van der Waals surface area contributed by atoms with Gasteiger partial charge in [0.05, 0.1) is 25.4 Å². The van der Waals surface area contributed by atoms with E-state index in [-0.39, 0.29) is 12.5 Å². The fourth-order valence-electron chi connectivity index (χ4n) is 11.3. The second kappa shape index (κ2) is 72.3. The van der Waals surface area contributed by atoms with Crippen molar-refractivity contribution in [3.8, 4) is 0 Å². The molecule has 1 aliphatic heterocycles. The number of carbonyl (C=O) groups is 1. The van der Waals surface area contributed by atoms with Gasteiger partial charge in [-0.1, -0.05) is 344 Å². The van der Waals surface area contributed by atoms with Gasteiger partial charge < -0.3 is 40.3 Å². The lowest BCUT2D eigenvalue weighted by atomic mass is 9.99. The first kappa shape index (κ1) is 88.6. The number of nitrogens with one attached hydrogen (secondary N) is 1. The third kappa shape index (κ3) is 60.5. The summed E-state index contributed by atoms with van der Waals surface area (Å²) in [5.74, 6) is -0.206. The Kier molecular flexibility index (Phi) is 67.4. The Labute approximate surface area is 583 Å².